The lowest BCUT2D eigenvalue weighted by atomic mass is 10.0. The van der Waals surface area contributed by atoms with Crippen LogP contribution in [-0.4, -0.2) is 22.9 Å². The second kappa shape index (κ2) is 15.4. The Morgan fingerprint density at radius 2 is 1.47 bits per heavy atom. The minimum atomic E-state index is -0.833. The quantitative estimate of drug-likeness (QED) is 0.368. The molecule has 0 aliphatic carbocycles. The third kappa shape index (κ3) is 31.3. The van der Waals surface area contributed by atoms with Gasteiger partial charge in [0.05, 0.1) is 6.61 Å². The summed E-state index contributed by atoms with van der Waals surface area (Å²) in [7, 11) is 0. The molecule has 4 heteroatoms. The molecule has 0 fully saturated rings. The Kier molecular flexibility index (Phi) is 17.0. The van der Waals surface area contributed by atoms with Crippen LogP contribution in [0.25, 0.3) is 0 Å². The molecule has 0 aromatic heterocycles. The molecule has 0 radical (unpaired) electrons. The number of carboxylic acids is 1. The largest absolute Gasteiger partial charge is 0.481 e. The van der Waals surface area contributed by atoms with E-state index < -0.39 is 5.97 Å². The highest BCUT2D eigenvalue weighted by Crippen LogP contribution is 2.11. The lowest BCUT2D eigenvalue weighted by Crippen LogP contribution is -1.90. The van der Waals surface area contributed by atoms with E-state index in [0.717, 1.165) is 19.3 Å². The van der Waals surface area contributed by atoms with E-state index >= 15 is 0 Å². The van der Waals surface area contributed by atoms with Gasteiger partial charge in [0.2, 0.25) is 0 Å². The molecule has 17 heavy (non-hydrogen) atoms. The molecule has 0 saturated carbocycles. The molecule has 0 amide bonds. The molecule has 0 aromatic rings. The van der Waals surface area contributed by atoms with Gasteiger partial charge in [-0.3, -0.25) is 10.1 Å². The van der Waals surface area contributed by atoms with E-state index in [2.05, 4.69) is 18.7 Å². The maximum atomic E-state index is 9.00. The smallest absolute Gasteiger partial charge is 0.300 e. The topological polar surface area (TPSA) is 66.8 Å². The van der Waals surface area contributed by atoms with Crippen LogP contribution in [0, 0.1) is 5.92 Å². The lowest BCUT2D eigenvalue weighted by Gasteiger charge is -2.03. The summed E-state index contributed by atoms with van der Waals surface area (Å²) in [6.07, 6.45) is 8.87. The third-order valence-electron chi connectivity index (χ3n) is 2.27. The van der Waals surface area contributed by atoms with E-state index in [-0.39, 0.29) is 0 Å². The highest BCUT2D eigenvalue weighted by molar-refractivity contribution is 5.62. The van der Waals surface area contributed by atoms with Gasteiger partial charge in [0.25, 0.3) is 5.97 Å². The molecule has 0 bridgehead atoms. The molecule has 0 spiro atoms. The van der Waals surface area contributed by atoms with Crippen LogP contribution in [0.3, 0.4) is 0 Å². The summed E-state index contributed by atoms with van der Waals surface area (Å²) in [5.41, 5.74) is 0. The highest BCUT2D eigenvalue weighted by Gasteiger charge is 1.94. The summed E-state index contributed by atoms with van der Waals surface area (Å²) in [5, 5.41) is 15.5. The molecular weight excluding hydrogens is 220 g/mol. The first-order valence-electron chi connectivity index (χ1n) is 6.46. The van der Waals surface area contributed by atoms with Gasteiger partial charge in [-0.25, -0.2) is 4.89 Å². The molecule has 0 atom stereocenters. The number of hydrogen-bond acceptors (Lipinski definition) is 3. The van der Waals surface area contributed by atoms with Gasteiger partial charge >= 0.3 is 0 Å². The van der Waals surface area contributed by atoms with Gasteiger partial charge < -0.3 is 5.11 Å². The van der Waals surface area contributed by atoms with E-state index in [9.17, 15) is 0 Å². The first-order valence-corrected chi connectivity index (χ1v) is 6.46. The predicted molar refractivity (Wildman–Crippen MR) is 69.0 cm³/mol. The summed E-state index contributed by atoms with van der Waals surface area (Å²) in [4.78, 5) is 13.0. The molecule has 0 unspecified atom stereocenters. The van der Waals surface area contributed by atoms with Crippen molar-refractivity contribution < 1.29 is 20.0 Å². The molecule has 0 rings (SSSR count). The van der Waals surface area contributed by atoms with Crippen molar-refractivity contribution in [2.75, 3.05) is 6.61 Å². The molecule has 0 aliphatic rings. The fourth-order valence-electron chi connectivity index (χ4n) is 1.43. The summed E-state index contributed by atoms with van der Waals surface area (Å²) in [6.45, 7) is 6.13. The number of carboxylic acid groups (broad SMARTS) is 1. The maximum Gasteiger partial charge on any atom is 0.300 e. The van der Waals surface area contributed by atoms with E-state index in [0.29, 0.717) is 6.61 Å². The Hall–Kier alpha value is -0.610. The van der Waals surface area contributed by atoms with Crippen LogP contribution in [0.5, 0.6) is 0 Å². The monoisotopic (exact) mass is 248 g/mol. The zero-order valence-electron chi connectivity index (χ0n) is 11.4. The van der Waals surface area contributed by atoms with Crippen molar-refractivity contribution >= 4 is 5.97 Å². The fourth-order valence-corrected chi connectivity index (χ4v) is 1.43. The van der Waals surface area contributed by atoms with Crippen LogP contribution < -0.4 is 0 Å². The average molecular weight is 248 g/mol. The zero-order valence-corrected chi connectivity index (χ0v) is 11.4. The summed E-state index contributed by atoms with van der Waals surface area (Å²) in [6, 6.07) is 0. The highest BCUT2D eigenvalue weighted by atomic mass is 17.1. The summed E-state index contributed by atoms with van der Waals surface area (Å²) < 4.78 is 0. The molecule has 0 aliphatic heterocycles. The molecule has 104 valence electrons. The van der Waals surface area contributed by atoms with E-state index in [1.54, 1.807) is 0 Å². The van der Waals surface area contributed by atoms with Gasteiger partial charge in [-0.2, -0.15) is 0 Å². The number of rotatable bonds is 9. The number of carbonyl (C=O) groups is 1. The summed E-state index contributed by atoms with van der Waals surface area (Å²) in [5.74, 6) is 0.0165. The Morgan fingerprint density at radius 1 is 1.06 bits per heavy atom. The van der Waals surface area contributed by atoms with Crippen LogP contribution in [0.2, 0.25) is 0 Å². The Balaban J connectivity index is 0. The van der Waals surface area contributed by atoms with Crippen molar-refractivity contribution in [3.8, 4) is 0 Å². The SMILES string of the molecule is CC(=O)O.CC(C)CCCCCCCCOO. The Labute approximate surface area is 105 Å². The van der Waals surface area contributed by atoms with Crippen molar-refractivity contribution in [3.63, 3.8) is 0 Å². The fraction of sp³-hybridized carbons (Fsp3) is 0.923. The van der Waals surface area contributed by atoms with Gasteiger partial charge in [-0.1, -0.05) is 52.4 Å². The van der Waals surface area contributed by atoms with Crippen LogP contribution in [0.15, 0.2) is 0 Å². The van der Waals surface area contributed by atoms with Crippen LogP contribution >= 0.6 is 0 Å². The first kappa shape index (κ1) is 18.7. The maximum absolute atomic E-state index is 9.00. The second-order valence-corrected chi connectivity index (χ2v) is 4.66. The Bertz CT molecular complexity index is 153. The minimum absolute atomic E-state index is 0.492. The molecule has 0 heterocycles. The normalized spacial score (nSPS) is 9.94. The molecule has 0 aromatic carbocycles. The van der Waals surface area contributed by atoms with Gasteiger partial charge in [0.15, 0.2) is 0 Å². The van der Waals surface area contributed by atoms with Crippen molar-refractivity contribution in [1.29, 1.82) is 0 Å². The van der Waals surface area contributed by atoms with Crippen molar-refractivity contribution in [1.82, 2.24) is 0 Å². The summed E-state index contributed by atoms with van der Waals surface area (Å²) >= 11 is 0. The second-order valence-electron chi connectivity index (χ2n) is 4.66. The van der Waals surface area contributed by atoms with E-state index in [1.165, 1.54) is 38.5 Å². The van der Waals surface area contributed by atoms with E-state index in [4.69, 9.17) is 15.2 Å². The molecular formula is C13H28O4. The van der Waals surface area contributed by atoms with Crippen molar-refractivity contribution in [2.45, 2.75) is 65.7 Å². The third-order valence-corrected chi connectivity index (χ3v) is 2.27. The molecule has 4 nitrogen and oxygen atoms in total. The number of unbranched alkanes of at least 4 members (excludes halogenated alkanes) is 5. The lowest BCUT2D eigenvalue weighted by molar-refractivity contribution is -0.242. The predicted octanol–water partition coefficient (Wildman–Crippen LogP) is 3.95. The first-order chi connectivity index (χ1) is 8.00. The molecule has 2 N–H and O–H groups in total. The van der Waals surface area contributed by atoms with Crippen molar-refractivity contribution in [3.05, 3.63) is 0 Å². The van der Waals surface area contributed by atoms with Crippen molar-refractivity contribution in [2.24, 2.45) is 5.92 Å². The number of hydrogen-bond donors (Lipinski definition) is 2. The van der Waals surface area contributed by atoms with Crippen LogP contribution in [0.1, 0.15) is 65.7 Å². The number of aliphatic carboxylic acids is 1. The standard InChI is InChI=1S/C11H24O2.C2H4O2/c1-11(2)9-7-5-3-4-6-8-10-13-12;1-2(3)4/h11-12H,3-10H2,1-2H3;1H3,(H,3,4). The minimum Gasteiger partial charge on any atom is -0.481 e. The van der Waals surface area contributed by atoms with E-state index in [1.807, 2.05) is 0 Å². The van der Waals surface area contributed by atoms with Crippen LogP contribution in [0.4, 0.5) is 0 Å². The van der Waals surface area contributed by atoms with Gasteiger partial charge in [-0.15, -0.1) is 0 Å². The van der Waals surface area contributed by atoms with Gasteiger partial charge in [0, 0.05) is 6.92 Å². The Morgan fingerprint density at radius 3 is 1.88 bits per heavy atom. The molecule has 0 saturated heterocycles. The van der Waals surface area contributed by atoms with Crippen LogP contribution in [-0.2, 0) is 9.68 Å². The van der Waals surface area contributed by atoms with Gasteiger partial charge in [0.1, 0.15) is 0 Å². The average Bonchev–Trinajstić information content (AvgIpc) is 2.21. The van der Waals surface area contributed by atoms with Gasteiger partial charge in [-0.05, 0) is 12.3 Å². The zero-order chi connectivity index (χ0) is 13.5.